The van der Waals surface area contributed by atoms with Gasteiger partial charge in [-0.3, -0.25) is 4.79 Å². The molecule has 1 aliphatic carbocycles. The van der Waals surface area contributed by atoms with Crippen LogP contribution in [-0.2, 0) is 29.4 Å². The van der Waals surface area contributed by atoms with Crippen LogP contribution >= 0.6 is 11.3 Å². The van der Waals surface area contributed by atoms with E-state index in [4.69, 9.17) is 4.74 Å². The number of anilines is 1. The number of aromatic nitrogens is 1. The number of unbranched alkanes of at least 4 members (excludes halogenated alkanes) is 1. The molecule has 1 aromatic carbocycles. The second-order valence-electron chi connectivity index (χ2n) is 8.24. The first-order valence-corrected chi connectivity index (χ1v) is 12.1. The topological polar surface area (TPSA) is 84.1 Å². The number of nitrogens with one attached hydrogen (secondary N) is 1. The zero-order chi connectivity index (χ0) is 23.4. The molecular formula is C26H27N3O3S. The Hall–Kier alpha value is -3.37. The highest BCUT2D eigenvalue weighted by Gasteiger charge is 2.28. The molecule has 0 saturated heterocycles. The van der Waals surface area contributed by atoms with Crippen LogP contribution in [0.2, 0.25) is 0 Å². The van der Waals surface area contributed by atoms with E-state index in [1.54, 1.807) is 6.08 Å². The average molecular weight is 462 g/mol. The lowest BCUT2D eigenvalue weighted by molar-refractivity contribution is -0.112. The van der Waals surface area contributed by atoms with Crippen molar-refractivity contribution in [2.75, 3.05) is 11.9 Å². The van der Waals surface area contributed by atoms with Crippen LogP contribution in [0.1, 0.15) is 59.0 Å². The lowest BCUT2D eigenvalue weighted by Gasteiger charge is -2.12. The molecule has 0 atom stereocenters. The van der Waals surface area contributed by atoms with Crippen LogP contribution in [0.15, 0.2) is 36.0 Å². The Morgan fingerprint density at radius 1 is 1.27 bits per heavy atom. The molecule has 2 aromatic heterocycles. The molecule has 1 aliphatic rings. The van der Waals surface area contributed by atoms with Crippen LogP contribution in [0.4, 0.5) is 5.00 Å². The van der Waals surface area contributed by atoms with Crippen molar-refractivity contribution in [3.05, 3.63) is 57.6 Å². The minimum Gasteiger partial charge on any atom is -0.462 e. The Morgan fingerprint density at radius 2 is 2.06 bits per heavy atom. The summed E-state index contributed by atoms with van der Waals surface area (Å²) in [5, 5.41) is 14.0. The molecule has 0 radical (unpaired) electrons. The standard InChI is InChI=1S/C26H27N3O3S/c1-3-4-13-32-26(31)23-20-10-6-8-12-22(20)33-25(23)28-24(30)17(15-27)14-18-16-29(2)21-11-7-5-9-19(18)21/h5,7,9,11,14,16H,3-4,6,8,10,12-13H2,1-2H3,(H,28,30). The van der Waals surface area contributed by atoms with Crippen LogP contribution in [-0.4, -0.2) is 23.1 Å². The minimum atomic E-state index is -0.522. The van der Waals surface area contributed by atoms with Gasteiger partial charge < -0.3 is 14.6 Å². The number of benzene rings is 1. The van der Waals surface area contributed by atoms with Gasteiger partial charge in [0.15, 0.2) is 0 Å². The Bertz CT molecular complexity index is 1280. The highest BCUT2D eigenvalue weighted by molar-refractivity contribution is 7.17. The molecule has 0 bridgehead atoms. The van der Waals surface area contributed by atoms with Crippen LogP contribution in [0.25, 0.3) is 17.0 Å². The third-order valence-electron chi connectivity index (χ3n) is 5.93. The molecule has 4 rings (SSSR count). The molecular weight excluding hydrogens is 434 g/mol. The number of thiophene rings is 1. The van der Waals surface area contributed by atoms with E-state index in [0.717, 1.165) is 65.4 Å². The Labute approximate surface area is 197 Å². The first-order valence-electron chi connectivity index (χ1n) is 11.3. The van der Waals surface area contributed by atoms with Crippen molar-refractivity contribution in [1.29, 1.82) is 5.26 Å². The van der Waals surface area contributed by atoms with Crippen molar-refractivity contribution in [1.82, 2.24) is 4.57 Å². The number of amides is 1. The quantitative estimate of drug-likeness (QED) is 0.214. The predicted octanol–water partition coefficient (Wildman–Crippen LogP) is 5.62. The van der Waals surface area contributed by atoms with Gasteiger partial charge in [0.2, 0.25) is 0 Å². The monoisotopic (exact) mass is 461 g/mol. The lowest BCUT2D eigenvalue weighted by Crippen LogP contribution is -2.17. The number of aryl methyl sites for hydroxylation is 2. The average Bonchev–Trinajstić information content (AvgIpc) is 3.34. The van der Waals surface area contributed by atoms with Crippen molar-refractivity contribution in [3.8, 4) is 6.07 Å². The first-order chi connectivity index (χ1) is 16.0. The highest BCUT2D eigenvalue weighted by Crippen LogP contribution is 2.39. The fourth-order valence-electron chi connectivity index (χ4n) is 4.21. The number of nitrogens with zero attached hydrogens (tertiary/aromatic N) is 2. The highest BCUT2D eigenvalue weighted by atomic mass is 32.1. The van der Waals surface area contributed by atoms with E-state index in [1.807, 2.05) is 55.1 Å². The van der Waals surface area contributed by atoms with Crippen molar-refractivity contribution in [2.45, 2.75) is 45.4 Å². The fourth-order valence-corrected chi connectivity index (χ4v) is 5.49. The normalized spacial score (nSPS) is 13.4. The van der Waals surface area contributed by atoms with E-state index in [-0.39, 0.29) is 5.57 Å². The summed E-state index contributed by atoms with van der Waals surface area (Å²) < 4.78 is 7.45. The maximum absolute atomic E-state index is 13.1. The van der Waals surface area contributed by atoms with E-state index in [9.17, 15) is 14.9 Å². The zero-order valence-electron chi connectivity index (χ0n) is 18.9. The number of hydrogen-bond acceptors (Lipinski definition) is 5. The van der Waals surface area contributed by atoms with Gasteiger partial charge in [0.05, 0.1) is 12.2 Å². The molecule has 2 heterocycles. The molecule has 3 aromatic rings. The van der Waals surface area contributed by atoms with Crippen molar-refractivity contribution < 1.29 is 14.3 Å². The second kappa shape index (κ2) is 10.1. The van der Waals surface area contributed by atoms with Gasteiger partial charge in [-0.05, 0) is 49.8 Å². The van der Waals surface area contributed by atoms with Crippen LogP contribution in [0.5, 0.6) is 0 Å². The number of para-hydroxylation sites is 1. The number of ether oxygens (including phenoxy) is 1. The molecule has 0 fully saturated rings. The molecule has 0 saturated carbocycles. The third kappa shape index (κ3) is 4.71. The maximum Gasteiger partial charge on any atom is 0.341 e. The van der Waals surface area contributed by atoms with Gasteiger partial charge in [0.25, 0.3) is 5.91 Å². The lowest BCUT2D eigenvalue weighted by atomic mass is 9.95. The summed E-state index contributed by atoms with van der Waals surface area (Å²) in [7, 11) is 1.93. The predicted molar refractivity (Wildman–Crippen MR) is 131 cm³/mol. The smallest absolute Gasteiger partial charge is 0.341 e. The Kier molecular flexibility index (Phi) is 6.95. The fraction of sp³-hybridized carbons (Fsp3) is 0.346. The SMILES string of the molecule is CCCCOC(=O)c1c(NC(=O)C(C#N)=Cc2cn(C)c3ccccc23)sc2c1CCCC2. The molecule has 1 amide bonds. The molecule has 1 N–H and O–H groups in total. The van der Waals surface area contributed by atoms with E-state index >= 15 is 0 Å². The largest absolute Gasteiger partial charge is 0.462 e. The zero-order valence-corrected chi connectivity index (χ0v) is 19.8. The third-order valence-corrected chi connectivity index (χ3v) is 7.13. The van der Waals surface area contributed by atoms with E-state index in [2.05, 4.69) is 5.32 Å². The number of rotatable bonds is 7. The summed E-state index contributed by atoms with van der Waals surface area (Å²) in [6.07, 6.45) is 9.00. The van der Waals surface area contributed by atoms with Gasteiger partial charge in [0.1, 0.15) is 16.6 Å². The van der Waals surface area contributed by atoms with E-state index in [0.29, 0.717) is 17.2 Å². The van der Waals surface area contributed by atoms with Crippen molar-refractivity contribution in [3.63, 3.8) is 0 Å². The van der Waals surface area contributed by atoms with Crippen LogP contribution in [0, 0.1) is 11.3 Å². The number of fused-ring (bicyclic) bond motifs is 2. The van der Waals surface area contributed by atoms with Crippen LogP contribution < -0.4 is 5.32 Å². The Balaban J connectivity index is 1.64. The summed E-state index contributed by atoms with van der Waals surface area (Å²) in [5.41, 5.74) is 3.25. The molecule has 6 nitrogen and oxygen atoms in total. The Morgan fingerprint density at radius 3 is 2.85 bits per heavy atom. The van der Waals surface area contributed by atoms with Crippen molar-refractivity contribution in [2.24, 2.45) is 7.05 Å². The number of carbonyl (C=O) groups excluding carboxylic acids is 2. The van der Waals surface area contributed by atoms with Gasteiger partial charge in [-0.15, -0.1) is 11.3 Å². The number of nitriles is 1. The molecule has 7 heteroatoms. The van der Waals surface area contributed by atoms with Gasteiger partial charge in [-0.2, -0.15) is 5.26 Å². The molecule has 0 unspecified atom stereocenters. The summed E-state index contributed by atoms with van der Waals surface area (Å²) in [6, 6.07) is 9.86. The van der Waals surface area contributed by atoms with E-state index in [1.165, 1.54) is 11.3 Å². The van der Waals surface area contributed by atoms with Gasteiger partial charge in [-0.1, -0.05) is 31.5 Å². The molecule has 170 valence electrons. The molecule has 0 aliphatic heterocycles. The maximum atomic E-state index is 13.1. The van der Waals surface area contributed by atoms with Gasteiger partial charge in [-0.25, -0.2) is 4.79 Å². The summed E-state index contributed by atoms with van der Waals surface area (Å²) >= 11 is 1.43. The first kappa shape index (κ1) is 22.8. The number of esters is 1. The minimum absolute atomic E-state index is 0.0111. The summed E-state index contributed by atoms with van der Waals surface area (Å²) in [6.45, 7) is 2.40. The summed E-state index contributed by atoms with van der Waals surface area (Å²) in [5.74, 6) is -0.915. The van der Waals surface area contributed by atoms with Gasteiger partial charge >= 0.3 is 5.97 Å². The second-order valence-corrected chi connectivity index (χ2v) is 9.35. The summed E-state index contributed by atoms with van der Waals surface area (Å²) in [4.78, 5) is 27.1. The van der Waals surface area contributed by atoms with Gasteiger partial charge in [0, 0.05) is 34.6 Å². The molecule has 0 spiro atoms. The number of carbonyl (C=O) groups is 2. The molecule has 33 heavy (non-hydrogen) atoms. The number of hydrogen-bond donors (Lipinski definition) is 1. The van der Waals surface area contributed by atoms with Crippen LogP contribution in [0.3, 0.4) is 0 Å². The van der Waals surface area contributed by atoms with E-state index < -0.39 is 11.9 Å². The van der Waals surface area contributed by atoms with Crippen molar-refractivity contribution >= 4 is 45.2 Å².